The summed E-state index contributed by atoms with van der Waals surface area (Å²) in [6.45, 7) is 0. The summed E-state index contributed by atoms with van der Waals surface area (Å²) in [5, 5.41) is 4.34. The molecule has 4 aromatic rings. The first-order valence-electron chi connectivity index (χ1n) is 8.34. The molecule has 0 amide bonds. The molecule has 140 valence electrons. The minimum atomic E-state index is -0.404. The van der Waals surface area contributed by atoms with Crippen molar-refractivity contribution in [2.45, 2.75) is 0 Å². The molecule has 2 aromatic heterocycles. The number of nitrogens with zero attached hydrogens (tertiary/aromatic N) is 3. The number of ether oxygens (including phenoxy) is 2. The van der Waals surface area contributed by atoms with E-state index in [9.17, 15) is 9.59 Å². The summed E-state index contributed by atoms with van der Waals surface area (Å²) in [6.07, 6.45) is 1.74. The maximum atomic E-state index is 12.7. The molecule has 8 heteroatoms. The van der Waals surface area contributed by atoms with E-state index in [2.05, 4.69) is 14.8 Å². The highest BCUT2D eigenvalue weighted by molar-refractivity contribution is 7.15. The van der Waals surface area contributed by atoms with E-state index >= 15 is 0 Å². The lowest BCUT2D eigenvalue weighted by molar-refractivity contribution is 0.0600. The van der Waals surface area contributed by atoms with E-state index in [1.807, 2.05) is 24.3 Å². The van der Waals surface area contributed by atoms with Gasteiger partial charge in [-0.05, 0) is 35.9 Å². The third-order valence-corrected chi connectivity index (χ3v) is 5.12. The molecule has 0 N–H and O–H groups in total. The van der Waals surface area contributed by atoms with Crippen LogP contribution < -0.4 is 14.8 Å². The molecule has 0 aliphatic carbocycles. The van der Waals surface area contributed by atoms with Crippen LogP contribution in [0.4, 0.5) is 0 Å². The number of methoxy groups -OCH3 is 2. The number of para-hydroxylation sites is 1. The van der Waals surface area contributed by atoms with Crippen LogP contribution in [0.5, 0.6) is 5.75 Å². The third kappa shape index (κ3) is 3.14. The van der Waals surface area contributed by atoms with Crippen LogP contribution in [-0.2, 0) is 4.74 Å². The zero-order valence-electron chi connectivity index (χ0n) is 15.1. The Morgan fingerprint density at radius 1 is 1.11 bits per heavy atom. The maximum absolute atomic E-state index is 12.7. The van der Waals surface area contributed by atoms with Crippen LogP contribution in [0, 0.1) is 0 Å². The number of hydrogen-bond donors (Lipinski definition) is 0. The zero-order chi connectivity index (χ0) is 19.7. The first-order chi connectivity index (χ1) is 13.6. The highest BCUT2D eigenvalue weighted by Crippen LogP contribution is 2.27. The molecule has 0 aliphatic heterocycles. The maximum Gasteiger partial charge on any atom is 0.337 e. The van der Waals surface area contributed by atoms with E-state index in [-0.39, 0.29) is 5.56 Å². The van der Waals surface area contributed by atoms with Crippen LogP contribution in [0.1, 0.15) is 15.9 Å². The molecule has 0 unspecified atom stereocenters. The number of hydrogen-bond acceptors (Lipinski definition) is 7. The predicted octanol–water partition coefficient (Wildman–Crippen LogP) is 2.16. The van der Waals surface area contributed by atoms with Crippen molar-refractivity contribution in [3.63, 3.8) is 0 Å². The van der Waals surface area contributed by atoms with Gasteiger partial charge in [-0.3, -0.25) is 4.79 Å². The number of esters is 1. The number of carbonyl (C=O) groups excluding carboxylic acids is 1. The molecule has 0 fully saturated rings. The second kappa shape index (κ2) is 7.24. The Balaban J connectivity index is 1.73. The monoisotopic (exact) mass is 393 g/mol. The van der Waals surface area contributed by atoms with Gasteiger partial charge in [-0.15, -0.1) is 5.10 Å². The molecule has 0 spiro atoms. The van der Waals surface area contributed by atoms with Gasteiger partial charge in [0.05, 0.1) is 29.9 Å². The van der Waals surface area contributed by atoms with Gasteiger partial charge in [0.15, 0.2) is 5.82 Å². The molecule has 7 nitrogen and oxygen atoms in total. The Bertz CT molecular complexity index is 1280. The van der Waals surface area contributed by atoms with Crippen molar-refractivity contribution in [2.75, 3.05) is 14.2 Å². The van der Waals surface area contributed by atoms with Gasteiger partial charge in [0, 0.05) is 0 Å². The van der Waals surface area contributed by atoms with Gasteiger partial charge in [0.1, 0.15) is 5.75 Å². The quantitative estimate of drug-likeness (QED) is 0.494. The average Bonchev–Trinajstić information content (AvgIpc) is 3.27. The predicted molar refractivity (Wildman–Crippen MR) is 106 cm³/mol. The van der Waals surface area contributed by atoms with Crippen molar-refractivity contribution in [2.24, 2.45) is 0 Å². The Hall–Kier alpha value is -3.52. The highest BCUT2D eigenvalue weighted by atomic mass is 32.1. The van der Waals surface area contributed by atoms with Crippen LogP contribution in [-0.4, -0.2) is 34.8 Å². The van der Waals surface area contributed by atoms with Gasteiger partial charge in [-0.1, -0.05) is 35.6 Å². The van der Waals surface area contributed by atoms with E-state index in [4.69, 9.17) is 4.74 Å². The Labute approximate surface area is 163 Å². The topological polar surface area (TPSA) is 82.8 Å². The van der Waals surface area contributed by atoms with Crippen molar-refractivity contribution >= 4 is 28.3 Å². The minimum absolute atomic E-state index is 0.245. The summed E-state index contributed by atoms with van der Waals surface area (Å²) in [7, 11) is 2.91. The molecule has 0 aliphatic rings. The fraction of sp³-hybridized carbons (Fsp3) is 0.100. The Morgan fingerprint density at radius 2 is 1.86 bits per heavy atom. The molecule has 4 rings (SSSR count). The molecular weight excluding hydrogens is 378 g/mol. The smallest absolute Gasteiger partial charge is 0.337 e. The van der Waals surface area contributed by atoms with Crippen LogP contribution in [0.15, 0.2) is 53.3 Å². The van der Waals surface area contributed by atoms with Crippen molar-refractivity contribution in [3.05, 3.63) is 74.5 Å². The van der Waals surface area contributed by atoms with Gasteiger partial charge in [-0.2, -0.15) is 9.50 Å². The summed E-state index contributed by atoms with van der Waals surface area (Å²) in [4.78, 5) is 29.2. The second-order valence-corrected chi connectivity index (χ2v) is 6.87. The van der Waals surface area contributed by atoms with Crippen LogP contribution in [0.25, 0.3) is 22.4 Å². The molecule has 0 saturated carbocycles. The summed E-state index contributed by atoms with van der Waals surface area (Å²) in [5.41, 5.74) is 1.72. The van der Waals surface area contributed by atoms with Gasteiger partial charge in [0.2, 0.25) is 4.96 Å². The third-order valence-electron chi connectivity index (χ3n) is 4.16. The minimum Gasteiger partial charge on any atom is -0.496 e. The molecule has 2 aromatic carbocycles. The molecule has 0 atom stereocenters. The molecule has 0 saturated heterocycles. The van der Waals surface area contributed by atoms with E-state index in [0.29, 0.717) is 26.6 Å². The Morgan fingerprint density at radius 3 is 2.54 bits per heavy atom. The lowest BCUT2D eigenvalue weighted by Crippen LogP contribution is -2.23. The van der Waals surface area contributed by atoms with E-state index in [1.54, 1.807) is 37.5 Å². The molecule has 0 radical (unpaired) electrons. The lowest BCUT2D eigenvalue weighted by Gasteiger charge is -2.03. The molecular formula is C20H15N3O4S. The summed E-state index contributed by atoms with van der Waals surface area (Å²) >= 11 is 1.25. The van der Waals surface area contributed by atoms with E-state index in [0.717, 1.165) is 11.1 Å². The summed E-state index contributed by atoms with van der Waals surface area (Å²) in [5.74, 6) is 0.680. The summed E-state index contributed by atoms with van der Waals surface area (Å²) in [6, 6.07) is 14.2. The number of rotatable bonds is 4. The first kappa shape index (κ1) is 17.9. The van der Waals surface area contributed by atoms with Crippen molar-refractivity contribution in [1.29, 1.82) is 0 Å². The number of fused-ring (bicyclic) bond motifs is 1. The molecule has 0 bridgehead atoms. The number of aromatic nitrogens is 3. The molecule has 28 heavy (non-hydrogen) atoms. The van der Waals surface area contributed by atoms with Gasteiger partial charge < -0.3 is 9.47 Å². The molecule has 2 heterocycles. The fourth-order valence-corrected chi connectivity index (χ4v) is 3.67. The SMILES string of the molecule is COC(=O)c1ccc(C=c2sc3nc(-c4ccccc4OC)nn3c2=O)cc1. The largest absolute Gasteiger partial charge is 0.496 e. The van der Waals surface area contributed by atoms with Crippen molar-refractivity contribution < 1.29 is 14.3 Å². The lowest BCUT2D eigenvalue weighted by atomic mass is 10.1. The van der Waals surface area contributed by atoms with Gasteiger partial charge in [0.25, 0.3) is 5.56 Å². The highest BCUT2D eigenvalue weighted by Gasteiger charge is 2.15. The normalized spacial score (nSPS) is 11.7. The standard InChI is InChI=1S/C20H15N3O4S/c1-26-15-6-4-3-5-14(15)17-21-20-23(22-17)18(24)16(28-20)11-12-7-9-13(10-8-12)19(25)27-2/h3-11H,1-2H3. The van der Waals surface area contributed by atoms with Crippen LogP contribution in [0.3, 0.4) is 0 Å². The van der Waals surface area contributed by atoms with Crippen LogP contribution >= 0.6 is 11.3 Å². The number of carbonyl (C=O) groups is 1. The fourth-order valence-electron chi connectivity index (χ4n) is 2.76. The first-order valence-corrected chi connectivity index (χ1v) is 9.15. The van der Waals surface area contributed by atoms with Gasteiger partial charge in [-0.25, -0.2) is 4.79 Å². The van der Waals surface area contributed by atoms with Crippen molar-refractivity contribution in [3.8, 4) is 17.1 Å². The van der Waals surface area contributed by atoms with Gasteiger partial charge >= 0.3 is 5.97 Å². The van der Waals surface area contributed by atoms with Crippen LogP contribution in [0.2, 0.25) is 0 Å². The zero-order valence-corrected chi connectivity index (χ0v) is 15.9. The Kier molecular flexibility index (Phi) is 4.62. The number of thiazole rings is 1. The van der Waals surface area contributed by atoms with E-state index < -0.39 is 5.97 Å². The van der Waals surface area contributed by atoms with E-state index in [1.165, 1.54) is 23.0 Å². The van der Waals surface area contributed by atoms with Crippen molar-refractivity contribution in [1.82, 2.24) is 14.6 Å². The number of benzene rings is 2. The second-order valence-electron chi connectivity index (χ2n) is 5.86. The average molecular weight is 393 g/mol. The summed E-state index contributed by atoms with van der Waals surface area (Å²) < 4.78 is 11.8.